The molecular formula is C14H23BN2O3. The molecule has 110 valence electrons. The molecule has 2 aliphatic rings. The van der Waals surface area contributed by atoms with Crippen molar-refractivity contribution in [3.63, 3.8) is 0 Å². The highest BCUT2D eigenvalue weighted by Gasteiger charge is 2.52. The fourth-order valence-corrected chi connectivity index (χ4v) is 2.57. The molecule has 5 nitrogen and oxygen atoms in total. The Morgan fingerprint density at radius 2 is 2.00 bits per heavy atom. The minimum absolute atomic E-state index is 0.306. The summed E-state index contributed by atoms with van der Waals surface area (Å²) in [5, 5.41) is 4.42. The predicted octanol–water partition coefficient (Wildman–Crippen LogP) is 1.22. The molecule has 0 radical (unpaired) electrons. The predicted molar refractivity (Wildman–Crippen MR) is 76.9 cm³/mol. The first-order valence-electron chi connectivity index (χ1n) is 7.33. The Morgan fingerprint density at radius 3 is 2.60 bits per heavy atom. The van der Waals surface area contributed by atoms with Crippen molar-refractivity contribution in [1.82, 2.24) is 9.78 Å². The van der Waals surface area contributed by atoms with Crippen LogP contribution in [0.5, 0.6) is 0 Å². The largest absolute Gasteiger partial charge is 0.498 e. The average molecular weight is 278 g/mol. The van der Waals surface area contributed by atoms with Crippen LogP contribution in [-0.4, -0.2) is 41.3 Å². The molecule has 0 spiro atoms. The van der Waals surface area contributed by atoms with Crippen molar-refractivity contribution in [2.24, 2.45) is 5.92 Å². The van der Waals surface area contributed by atoms with Gasteiger partial charge in [-0.05, 0) is 34.1 Å². The maximum atomic E-state index is 6.03. The van der Waals surface area contributed by atoms with Crippen LogP contribution in [-0.2, 0) is 20.6 Å². The van der Waals surface area contributed by atoms with Gasteiger partial charge in [0.05, 0.1) is 17.8 Å². The van der Waals surface area contributed by atoms with E-state index in [0.29, 0.717) is 5.92 Å². The standard InChI is InChI=1S/C14H23BN2O3/c1-13(2)14(3,4)20-15(19-13)12-7-16-17(9-12)8-11-5-6-18-10-11/h7,9,11H,5-6,8,10H2,1-4H3. The monoisotopic (exact) mass is 278 g/mol. The minimum Gasteiger partial charge on any atom is -0.399 e. The van der Waals surface area contributed by atoms with E-state index in [1.165, 1.54) is 0 Å². The molecule has 1 atom stereocenters. The summed E-state index contributed by atoms with van der Waals surface area (Å²) in [6.45, 7) is 10.9. The number of ether oxygens (including phenoxy) is 1. The van der Waals surface area contributed by atoms with Crippen molar-refractivity contribution in [2.75, 3.05) is 13.2 Å². The van der Waals surface area contributed by atoms with Gasteiger partial charge in [-0.2, -0.15) is 5.10 Å². The van der Waals surface area contributed by atoms with Crippen LogP contribution in [0.25, 0.3) is 0 Å². The smallest absolute Gasteiger partial charge is 0.399 e. The molecule has 0 aliphatic carbocycles. The van der Waals surface area contributed by atoms with Gasteiger partial charge in [0, 0.05) is 36.9 Å². The summed E-state index contributed by atoms with van der Waals surface area (Å²) < 4.78 is 19.4. The SMILES string of the molecule is CC1(C)OB(c2cnn(CC3CCOC3)c2)OC1(C)C. The van der Waals surface area contributed by atoms with E-state index in [9.17, 15) is 0 Å². The van der Waals surface area contributed by atoms with Gasteiger partial charge in [-0.3, -0.25) is 4.68 Å². The molecule has 1 aromatic heterocycles. The number of nitrogens with zero attached hydrogens (tertiary/aromatic N) is 2. The van der Waals surface area contributed by atoms with Crippen LogP contribution in [0, 0.1) is 5.92 Å². The van der Waals surface area contributed by atoms with Crippen LogP contribution >= 0.6 is 0 Å². The molecule has 0 bridgehead atoms. The van der Waals surface area contributed by atoms with Gasteiger partial charge in [-0.25, -0.2) is 0 Å². The van der Waals surface area contributed by atoms with Crippen molar-refractivity contribution in [1.29, 1.82) is 0 Å². The molecule has 6 heteroatoms. The highest BCUT2D eigenvalue weighted by molar-refractivity contribution is 6.61. The van der Waals surface area contributed by atoms with Gasteiger partial charge in [0.1, 0.15) is 0 Å². The molecule has 1 aromatic rings. The number of hydrogen-bond acceptors (Lipinski definition) is 4. The zero-order valence-corrected chi connectivity index (χ0v) is 12.8. The number of hydrogen-bond donors (Lipinski definition) is 0. The second-order valence-corrected chi connectivity index (χ2v) is 6.81. The molecule has 2 fully saturated rings. The fourth-order valence-electron chi connectivity index (χ4n) is 2.57. The van der Waals surface area contributed by atoms with Crippen molar-refractivity contribution in [2.45, 2.75) is 51.9 Å². The molecule has 2 aliphatic heterocycles. The topological polar surface area (TPSA) is 45.5 Å². The Labute approximate surface area is 120 Å². The van der Waals surface area contributed by atoms with Crippen molar-refractivity contribution >= 4 is 12.6 Å². The minimum atomic E-state index is -0.325. The summed E-state index contributed by atoms with van der Waals surface area (Å²) in [7, 11) is -0.325. The first-order valence-corrected chi connectivity index (χ1v) is 7.33. The second-order valence-electron chi connectivity index (χ2n) is 6.81. The van der Waals surface area contributed by atoms with Gasteiger partial charge in [-0.15, -0.1) is 0 Å². The normalized spacial score (nSPS) is 28.2. The van der Waals surface area contributed by atoms with Crippen molar-refractivity contribution < 1.29 is 14.0 Å². The van der Waals surface area contributed by atoms with Gasteiger partial charge in [0.2, 0.25) is 0 Å². The molecule has 1 unspecified atom stereocenters. The van der Waals surface area contributed by atoms with E-state index in [1.54, 1.807) is 0 Å². The molecule has 3 rings (SSSR count). The Morgan fingerprint density at radius 1 is 1.30 bits per heavy atom. The first-order chi connectivity index (χ1) is 9.37. The van der Waals surface area contributed by atoms with E-state index in [-0.39, 0.29) is 18.3 Å². The summed E-state index contributed by atoms with van der Waals surface area (Å²) in [5.41, 5.74) is 0.376. The third kappa shape index (κ3) is 2.52. The molecule has 0 saturated carbocycles. The van der Waals surface area contributed by atoms with E-state index in [4.69, 9.17) is 14.0 Å². The third-order valence-corrected chi connectivity index (χ3v) is 4.65. The molecule has 20 heavy (non-hydrogen) atoms. The third-order valence-electron chi connectivity index (χ3n) is 4.65. The van der Waals surface area contributed by atoms with Gasteiger partial charge in [0.25, 0.3) is 0 Å². The van der Waals surface area contributed by atoms with Gasteiger partial charge in [0.15, 0.2) is 0 Å². The summed E-state index contributed by atoms with van der Waals surface area (Å²) in [6.07, 6.45) is 4.99. The van der Waals surface area contributed by atoms with Crippen LogP contribution in [0.2, 0.25) is 0 Å². The average Bonchev–Trinajstić information content (AvgIpc) is 3.02. The fraction of sp³-hybridized carbons (Fsp3) is 0.786. The van der Waals surface area contributed by atoms with Crippen LogP contribution in [0.1, 0.15) is 34.1 Å². The summed E-state index contributed by atoms with van der Waals surface area (Å²) in [6, 6.07) is 0. The van der Waals surface area contributed by atoms with E-state index in [2.05, 4.69) is 32.8 Å². The Balaban J connectivity index is 1.68. The lowest BCUT2D eigenvalue weighted by Gasteiger charge is -2.32. The lowest BCUT2D eigenvalue weighted by Crippen LogP contribution is -2.41. The maximum Gasteiger partial charge on any atom is 0.498 e. The van der Waals surface area contributed by atoms with E-state index in [0.717, 1.165) is 31.6 Å². The number of aromatic nitrogens is 2. The van der Waals surface area contributed by atoms with Gasteiger partial charge in [-0.1, -0.05) is 0 Å². The molecule has 3 heterocycles. The van der Waals surface area contributed by atoms with Crippen LogP contribution in [0.3, 0.4) is 0 Å². The highest BCUT2D eigenvalue weighted by atomic mass is 16.7. The Hall–Kier alpha value is -0.845. The van der Waals surface area contributed by atoms with Crippen molar-refractivity contribution in [3.8, 4) is 0 Å². The molecule has 0 aromatic carbocycles. The molecule has 2 saturated heterocycles. The molecule has 0 amide bonds. The maximum absolute atomic E-state index is 6.03. The first kappa shape index (κ1) is 14.1. The number of rotatable bonds is 3. The zero-order valence-electron chi connectivity index (χ0n) is 12.8. The Kier molecular flexibility index (Phi) is 3.43. The Bertz CT molecular complexity index is 465. The summed E-state index contributed by atoms with van der Waals surface area (Å²) in [5.74, 6) is 0.570. The lowest BCUT2D eigenvalue weighted by atomic mass is 9.82. The molecule has 0 N–H and O–H groups in total. The quantitative estimate of drug-likeness (QED) is 0.780. The van der Waals surface area contributed by atoms with Gasteiger partial charge >= 0.3 is 7.12 Å². The molecular weight excluding hydrogens is 255 g/mol. The lowest BCUT2D eigenvalue weighted by molar-refractivity contribution is 0.00578. The van der Waals surface area contributed by atoms with Crippen molar-refractivity contribution in [3.05, 3.63) is 12.4 Å². The van der Waals surface area contributed by atoms with E-state index in [1.807, 2.05) is 17.1 Å². The second kappa shape index (κ2) is 4.86. The van der Waals surface area contributed by atoms with E-state index < -0.39 is 0 Å². The van der Waals surface area contributed by atoms with Crippen LogP contribution in [0.15, 0.2) is 12.4 Å². The summed E-state index contributed by atoms with van der Waals surface area (Å²) in [4.78, 5) is 0. The van der Waals surface area contributed by atoms with Crippen LogP contribution in [0.4, 0.5) is 0 Å². The summed E-state index contributed by atoms with van der Waals surface area (Å²) >= 11 is 0. The van der Waals surface area contributed by atoms with Crippen LogP contribution < -0.4 is 5.46 Å². The van der Waals surface area contributed by atoms with Gasteiger partial charge < -0.3 is 14.0 Å². The van der Waals surface area contributed by atoms with E-state index >= 15 is 0 Å². The highest BCUT2D eigenvalue weighted by Crippen LogP contribution is 2.36. The zero-order chi connectivity index (χ0) is 14.4.